The fourth-order valence-electron chi connectivity index (χ4n) is 0.0742. The van der Waals surface area contributed by atoms with Gasteiger partial charge >= 0.3 is 0 Å². The van der Waals surface area contributed by atoms with Crippen LogP contribution in [0.3, 0.4) is 0 Å². The maximum atomic E-state index is 9.73. The van der Waals surface area contributed by atoms with Gasteiger partial charge in [0.15, 0.2) is 0 Å². The molecule has 0 aromatic carbocycles. The number of nitrogens with zero attached hydrogens (tertiary/aromatic N) is 1. The topological polar surface area (TPSA) is 112 Å². The molecular weight excluding hydrogens is 102 g/mol. The van der Waals surface area contributed by atoms with Crippen LogP contribution in [0.15, 0.2) is 0 Å². The molecule has 0 spiro atoms. The number of hydrazine groups is 3. The highest BCUT2D eigenvalue weighted by molar-refractivity contribution is 4.17. The van der Waals surface area contributed by atoms with E-state index >= 15 is 0 Å². The van der Waals surface area contributed by atoms with Crippen molar-refractivity contribution in [3.63, 3.8) is 0 Å². The lowest BCUT2D eigenvalue weighted by Crippen LogP contribution is -2.43. The molecule has 0 aliphatic rings. The molecule has 0 radical (unpaired) electrons. The second-order valence-electron chi connectivity index (χ2n) is 0.595. The van der Waals surface area contributed by atoms with Crippen molar-refractivity contribution in [1.29, 1.82) is 0 Å². The second-order valence-corrected chi connectivity index (χ2v) is 0.595. The zero-order valence-corrected chi connectivity index (χ0v) is 3.42. The predicted molar refractivity (Wildman–Crippen MR) is 20.9 cm³/mol. The van der Waals surface area contributed by atoms with Crippen LogP contribution in [0, 0.1) is 5.21 Å². The molecule has 7 heteroatoms. The van der Waals surface area contributed by atoms with Crippen molar-refractivity contribution in [2.24, 2.45) is 11.7 Å². The number of rotatable bonds is 3. The number of hydrogen-bond donors (Lipinski definition) is 4. The highest BCUT2D eigenvalue weighted by Crippen LogP contribution is 1.64. The van der Waals surface area contributed by atoms with Crippen LogP contribution in [0.2, 0.25) is 0 Å². The Morgan fingerprint density at radius 2 is 2.14 bits per heavy atom. The minimum Gasteiger partial charge on any atom is -0.745 e. The molecule has 0 bridgehead atoms. The van der Waals surface area contributed by atoms with E-state index in [2.05, 4.69) is 16.6 Å². The molecule has 0 atom stereocenters. The van der Waals surface area contributed by atoms with Crippen molar-refractivity contribution in [2.75, 3.05) is 0 Å². The van der Waals surface area contributed by atoms with Crippen LogP contribution >= 0.6 is 0 Å². The first-order chi connectivity index (χ1) is 3.31. The van der Waals surface area contributed by atoms with Crippen LogP contribution in [0.4, 0.5) is 0 Å². The number of hydrogen-bond acceptors (Lipinski definition) is 7. The van der Waals surface area contributed by atoms with Crippen molar-refractivity contribution in [3.05, 3.63) is 5.21 Å². The summed E-state index contributed by atoms with van der Waals surface area (Å²) in [5.74, 6) is 9.00. The average Bonchev–Trinajstić information content (AvgIpc) is 1.68. The summed E-state index contributed by atoms with van der Waals surface area (Å²) in [6, 6.07) is 0. The van der Waals surface area contributed by atoms with Gasteiger partial charge in [0.2, 0.25) is 0 Å². The van der Waals surface area contributed by atoms with E-state index in [9.17, 15) is 5.21 Å². The predicted octanol–water partition coefficient (Wildman–Crippen LogP) is -2.53. The van der Waals surface area contributed by atoms with Gasteiger partial charge in [-0.1, -0.05) is 0 Å². The Kier molecular flexibility index (Phi) is 3.74. The van der Waals surface area contributed by atoms with Crippen molar-refractivity contribution in [1.82, 2.24) is 16.5 Å². The smallest absolute Gasteiger partial charge is 0.119 e. The molecule has 0 heterocycles. The summed E-state index contributed by atoms with van der Waals surface area (Å²) in [7, 11) is 0. The van der Waals surface area contributed by atoms with Gasteiger partial charge in [-0.25, -0.2) is 5.84 Å². The molecule has 7 nitrogen and oxygen atoms in total. The van der Waals surface area contributed by atoms with Gasteiger partial charge in [-0.3, -0.25) is 5.84 Å². The largest absolute Gasteiger partial charge is 0.745 e. The van der Waals surface area contributed by atoms with Crippen LogP contribution < -0.4 is 22.8 Å². The first kappa shape index (κ1) is 6.72. The summed E-state index contributed by atoms with van der Waals surface area (Å²) in [4.78, 5) is 3.76. The molecule has 0 rings (SSSR count). The van der Waals surface area contributed by atoms with Crippen LogP contribution in [0.25, 0.3) is 0 Å². The Balaban J connectivity index is 2.83. The molecule has 0 saturated carbocycles. The van der Waals surface area contributed by atoms with Gasteiger partial charge in [0.25, 0.3) is 0 Å². The molecule has 0 saturated heterocycles. The summed E-state index contributed by atoms with van der Waals surface area (Å²) in [6.07, 6.45) is 0. The zero-order chi connectivity index (χ0) is 5.70. The van der Waals surface area contributed by atoms with Gasteiger partial charge in [-0.05, 0) is 0 Å². The maximum absolute atomic E-state index is 9.73. The Labute approximate surface area is 39.6 Å². The highest BCUT2D eigenvalue weighted by Gasteiger charge is 1.76. The monoisotopic (exact) mass is 108 g/mol. The summed E-state index contributed by atoms with van der Waals surface area (Å²) < 4.78 is 0. The van der Waals surface area contributed by atoms with E-state index in [1.807, 2.05) is 0 Å². The molecule has 0 unspecified atom stereocenters. The lowest BCUT2D eigenvalue weighted by Gasteiger charge is -2.21. The molecule has 0 aromatic heterocycles. The Hall–Kier alpha value is -0.280. The van der Waals surface area contributed by atoms with Crippen LogP contribution in [-0.4, -0.2) is 5.34 Å². The van der Waals surface area contributed by atoms with Crippen LogP contribution in [-0.2, 0) is 4.94 Å². The van der Waals surface area contributed by atoms with Gasteiger partial charge in [0, 0.05) is 0 Å². The number of nitrogens with two attached hydrogens (primary N) is 2. The Bertz CT molecular complexity index is 37.1. The zero-order valence-electron chi connectivity index (χ0n) is 3.42. The second kappa shape index (κ2) is 3.89. The van der Waals surface area contributed by atoms with E-state index < -0.39 is 0 Å². The molecule has 0 aliphatic carbocycles. The lowest BCUT2D eigenvalue weighted by atomic mass is 12.4. The van der Waals surface area contributed by atoms with Gasteiger partial charge in [-0.15, -0.1) is 5.59 Å². The minimum absolute atomic E-state index is 0.153. The van der Waals surface area contributed by atoms with Gasteiger partial charge in [0.1, 0.15) is 0 Å². The van der Waals surface area contributed by atoms with E-state index in [-0.39, 0.29) is 5.34 Å². The summed E-state index contributed by atoms with van der Waals surface area (Å²) >= 11 is 0. The third-order valence-corrected chi connectivity index (χ3v) is 0.241. The van der Waals surface area contributed by atoms with E-state index in [4.69, 9.17) is 0 Å². The van der Waals surface area contributed by atoms with Crippen LogP contribution in [0.1, 0.15) is 0 Å². The van der Waals surface area contributed by atoms with Crippen molar-refractivity contribution >= 4 is 0 Å². The first-order valence-electron chi connectivity index (χ1n) is 1.37. The molecule has 0 fully saturated rings. The molecule has 0 aromatic rings. The first-order valence-corrected chi connectivity index (χ1v) is 1.37. The molecule has 0 aliphatic heterocycles. The maximum Gasteiger partial charge on any atom is -0.119 e. The third kappa shape index (κ3) is 3.55. The van der Waals surface area contributed by atoms with E-state index in [1.165, 1.54) is 0 Å². The van der Waals surface area contributed by atoms with E-state index in [1.54, 1.807) is 11.1 Å². The highest BCUT2D eigenvalue weighted by atomic mass is 17.0. The summed E-state index contributed by atoms with van der Waals surface area (Å²) in [6.45, 7) is 0. The fourth-order valence-corrected chi connectivity index (χ4v) is 0.0742. The van der Waals surface area contributed by atoms with Gasteiger partial charge < -0.3 is 5.21 Å². The Morgan fingerprint density at radius 1 is 1.57 bits per heavy atom. The standard InChI is InChI=1S/H6N5O2/c1-3-5(6)7-4-2/h3-4H,1-2H2/q-1. The third-order valence-electron chi connectivity index (χ3n) is 0.241. The van der Waals surface area contributed by atoms with Gasteiger partial charge in [-0.2, -0.15) is 15.8 Å². The molecular formula is H6N5O2-. The van der Waals surface area contributed by atoms with Crippen molar-refractivity contribution in [2.45, 2.75) is 0 Å². The minimum atomic E-state index is -0.153. The lowest BCUT2D eigenvalue weighted by molar-refractivity contribution is -0.210. The van der Waals surface area contributed by atoms with Gasteiger partial charge in [0.05, 0.1) is 0 Å². The molecule has 44 valence electrons. The fraction of sp³-hybridized carbons (Fsp3) is 0. The SMILES string of the molecule is NNON([O-])NN. The van der Waals surface area contributed by atoms with E-state index in [0.717, 1.165) is 0 Å². The van der Waals surface area contributed by atoms with Crippen molar-refractivity contribution in [3.8, 4) is 0 Å². The Morgan fingerprint density at radius 3 is 2.29 bits per heavy atom. The summed E-state index contributed by atoms with van der Waals surface area (Å²) in [5, 5.41) is 9.57. The number of nitrogens with one attached hydrogen (secondary N) is 2. The molecule has 0 amide bonds. The van der Waals surface area contributed by atoms with Crippen molar-refractivity contribution < 1.29 is 4.94 Å². The molecule has 6 N–H and O–H groups in total. The van der Waals surface area contributed by atoms with Crippen LogP contribution in [0.5, 0.6) is 0 Å². The van der Waals surface area contributed by atoms with E-state index in [0.29, 0.717) is 0 Å². The quantitative estimate of drug-likeness (QED) is 0.233. The average molecular weight is 108 g/mol. The normalized spacial score (nSPS) is 10.3. The summed E-state index contributed by atoms with van der Waals surface area (Å²) in [5.41, 5.74) is 3.17. The molecule has 7 heavy (non-hydrogen) atoms.